The van der Waals surface area contributed by atoms with Crippen molar-refractivity contribution in [2.75, 3.05) is 19.6 Å². The highest BCUT2D eigenvalue weighted by molar-refractivity contribution is 5.80. The zero-order valence-corrected chi connectivity index (χ0v) is 13.2. The van der Waals surface area contributed by atoms with Crippen LogP contribution in [-0.2, 0) is 14.4 Å². The van der Waals surface area contributed by atoms with E-state index in [1.165, 1.54) is 11.8 Å². The van der Waals surface area contributed by atoms with Crippen molar-refractivity contribution in [3.63, 3.8) is 0 Å². The second kappa shape index (κ2) is 8.00. The van der Waals surface area contributed by atoms with Crippen LogP contribution in [0.4, 0.5) is 0 Å². The topological polar surface area (TPSA) is 77.9 Å². The Morgan fingerprint density at radius 1 is 1.29 bits per heavy atom. The van der Waals surface area contributed by atoms with E-state index in [9.17, 15) is 14.4 Å². The van der Waals surface area contributed by atoms with Crippen molar-refractivity contribution in [2.45, 2.75) is 52.5 Å². The van der Waals surface area contributed by atoms with Crippen LogP contribution in [0.15, 0.2) is 0 Å². The van der Waals surface area contributed by atoms with Crippen molar-refractivity contribution in [1.29, 1.82) is 0 Å². The second-order valence-electron chi connectivity index (χ2n) is 5.76. The lowest BCUT2D eigenvalue weighted by Gasteiger charge is -2.29. The van der Waals surface area contributed by atoms with Gasteiger partial charge in [-0.2, -0.15) is 0 Å². The van der Waals surface area contributed by atoms with Crippen LogP contribution >= 0.6 is 0 Å². The molecule has 0 aromatic heterocycles. The minimum Gasteiger partial charge on any atom is -0.480 e. The fraction of sp³-hybridized carbons (Fsp3) is 0.800. The van der Waals surface area contributed by atoms with Gasteiger partial charge in [0, 0.05) is 32.0 Å². The van der Waals surface area contributed by atoms with Crippen molar-refractivity contribution < 1.29 is 19.5 Å². The van der Waals surface area contributed by atoms with E-state index >= 15 is 0 Å². The molecule has 1 aliphatic rings. The molecule has 2 atom stereocenters. The standard InChI is InChI=1S/C15H26N2O4/c1-4-11(2)15(21)16-8-5-6-13(7-9-16)17(12(3)18)10-14(19)20/h11,13H,4-10H2,1-3H3,(H,19,20). The lowest BCUT2D eigenvalue weighted by Crippen LogP contribution is -2.43. The van der Waals surface area contributed by atoms with Crippen LogP contribution in [0.5, 0.6) is 0 Å². The van der Waals surface area contributed by atoms with E-state index in [-0.39, 0.29) is 30.3 Å². The number of carbonyl (C=O) groups excluding carboxylic acids is 2. The molecule has 1 saturated heterocycles. The van der Waals surface area contributed by atoms with Crippen LogP contribution in [0, 0.1) is 5.92 Å². The molecule has 0 bridgehead atoms. The molecule has 1 aliphatic heterocycles. The van der Waals surface area contributed by atoms with Crippen molar-refractivity contribution in [3.05, 3.63) is 0 Å². The van der Waals surface area contributed by atoms with Crippen molar-refractivity contribution in [3.8, 4) is 0 Å². The molecule has 2 amide bonds. The fourth-order valence-corrected chi connectivity index (χ4v) is 2.74. The summed E-state index contributed by atoms with van der Waals surface area (Å²) >= 11 is 0. The van der Waals surface area contributed by atoms with Crippen LogP contribution in [0.1, 0.15) is 46.5 Å². The number of likely N-dealkylation sites (tertiary alicyclic amines) is 1. The molecular formula is C15H26N2O4. The molecule has 21 heavy (non-hydrogen) atoms. The molecule has 1 fully saturated rings. The molecule has 6 nitrogen and oxygen atoms in total. The maximum Gasteiger partial charge on any atom is 0.323 e. The number of carboxylic acid groups (broad SMARTS) is 1. The highest BCUT2D eigenvalue weighted by Crippen LogP contribution is 2.19. The van der Waals surface area contributed by atoms with Gasteiger partial charge in [-0.25, -0.2) is 0 Å². The SMILES string of the molecule is CCC(C)C(=O)N1CCCC(N(CC(=O)O)C(C)=O)CC1. The van der Waals surface area contributed by atoms with Crippen LogP contribution in [0.3, 0.4) is 0 Å². The van der Waals surface area contributed by atoms with Crippen LogP contribution < -0.4 is 0 Å². The smallest absolute Gasteiger partial charge is 0.323 e. The summed E-state index contributed by atoms with van der Waals surface area (Å²) in [6.45, 7) is 6.34. The first-order valence-corrected chi connectivity index (χ1v) is 7.64. The van der Waals surface area contributed by atoms with Gasteiger partial charge in [0.05, 0.1) is 0 Å². The quantitative estimate of drug-likeness (QED) is 0.831. The van der Waals surface area contributed by atoms with E-state index in [1.54, 1.807) is 0 Å². The molecule has 2 unspecified atom stereocenters. The third-order valence-electron chi connectivity index (χ3n) is 4.19. The summed E-state index contributed by atoms with van der Waals surface area (Å²) in [6, 6.07) is -0.0895. The van der Waals surface area contributed by atoms with Gasteiger partial charge in [-0.3, -0.25) is 14.4 Å². The Kier molecular flexibility index (Phi) is 6.65. The van der Waals surface area contributed by atoms with Crippen molar-refractivity contribution in [1.82, 2.24) is 9.80 Å². The van der Waals surface area contributed by atoms with Gasteiger partial charge in [0.2, 0.25) is 11.8 Å². The summed E-state index contributed by atoms with van der Waals surface area (Å²) in [5, 5.41) is 8.92. The van der Waals surface area contributed by atoms with Gasteiger partial charge in [-0.15, -0.1) is 0 Å². The average molecular weight is 298 g/mol. The Balaban J connectivity index is 2.68. The minimum atomic E-state index is -0.998. The van der Waals surface area contributed by atoms with Gasteiger partial charge < -0.3 is 14.9 Å². The third-order valence-corrected chi connectivity index (χ3v) is 4.19. The van der Waals surface area contributed by atoms with Crippen LogP contribution in [0.2, 0.25) is 0 Å². The Morgan fingerprint density at radius 2 is 1.95 bits per heavy atom. The van der Waals surface area contributed by atoms with Crippen molar-refractivity contribution >= 4 is 17.8 Å². The van der Waals surface area contributed by atoms with Crippen LogP contribution in [-0.4, -0.2) is 58.4 Å². The predicted octanol–water partition coefficient (Wildman–Crippen LogP) is 1.35. The molecule has 6 heteroatoms. The number of rotatable bonds is 5. The number of hydrogen-bond acceptors (Lipinski definition) is 3. The van der Waals surface area contributed by atoms with Crippen molar-refractivity contribution in [2.24, 2.45) is 5.92 Å². The zero-order chi connectivity index (χ0) is 16.0. The molecule has 0 spiro atoms. The van der Waals surface area contributed by atoms with E-state index in [4.69, 9.17) is 5.11 Å². The van der Waals surface area contributed by atoms with Gasteiger partial charge in [-0.05, 0) is 25.7 Å². The molecule has 1 N–H and O–H groups in total. The van der Waals surface area contributed by atoms with Gasteiger partial charge in [-0.1, -0.05) is 13.8 Å². The predicted molar refractivity (Wildman–Crippen MR) is 78.7 cm³/mol. The first-order valence-electron chi connectivity index (χ1n) is 7.64. The number of carbonyl (C=O) groups is 3. The second-order valence-corrected chi connectivity index (χ2v) is 5.76. The van der Waals surface area contributed by atoms with Crippen LogP contribution in [0.25, 0.3) is 0 Å². The molecular weight excluding hydrogens is 272 g/mol. The Morgan fingerprint density at radius 3 is 2.48 bits per heavy atom. The van der Waals surface area contributed by atoms with E-state index in [2.05, 4.69) is 0 Å². The lowest BCUT2D eigenvalue weighted by atomic mass is 10.1. The van der Waals surface area contributed by atoms with E-state index in [0.717, 1.165) is 19.3 Å². The fourth-order valence-electron chi connectivity index (χ4n) is 2.74. The lowest BCUT2D eigenvalue weighted by molar-refractivity contribution is -0.145. The van der Waals surface area contributed by atoms with E-state index in [0.29, 0.717) is 19.5 Å². The van der Waals surface area contributed by atoms with Gasteiger partial charge in [0.25, 0.3) is 0 Å². The summed E-state index contributed by atoms with van der Waals surface area (Å²) in [7, 11) is 0. The first-order chi connectivity index (χ1) is 9.86. The molecule has 0 aliphatic carbocycles. The molecule has 1 rings (SSSR count). The summed E-state index contributed by atoms with van der Waals surface area (Å²) in [5.74, 6) is -1.04. The average Bonchev–Trinajstić information content (AvgIpc) is 2.68. The Hall–Kier alpha value is -1.59. The largest absolute Gasteiger partial charge is 0.480 e. The maximum atomic E-state index is 12.2. The van der Waals surface area contributed by atoms with Gasteiger partial charge in [0.15, 0.2) is 0 Å². The minimum absolute atomic E-state index is 0.0180. The summed E-state index contributed by atoms with van der Waals surface area (Å²) in [4.78, 5) is 38.0. The molecule has 0 radical (unpaired) electrons. The number of carboxylic acids is 1. The highest BCUT2D eigenvalue weighted by atomic mass is 16.4. The summed E-state index contributed by atoms with van der Waals surface area (Å²) in [5.41, 5.74) is 0. The summed E-state index contributed by atoms with van der Waals surface area (Å²) in [6.07, 6.45) is 3.01. The van der Waals surface area contributed by atoms with Gasteiger partial charge >= 0.3 is 5.97 Å². The normalized spacial score (nSPS) is 20.5. The maximum absolute atomic E-state index is 12.2. The number of hydrogen-bond donors (Lipinski definition) is 1. The summed E-state index contributed by atoms with van der Waals surface area (Å²) < 4.78 is 0. The number of nitrogens with zero attached hydrogens (tertiary/aromatic N) is 2. The monoisotopic (exact) mass is 298 g/mol. The molecule has 0 saturated carbocycles. The molecule has 0 aromatic carbocycles. The first kappa shape index (κ1) is 17.5. The molecule has 0 aromatic rings. The van der Waals surface area contributed by atoms with Gasteiger partial charge in [0.1, 0.15) is 6.54 Å². The Bertz CT molecular complexity index is 397. The molecule has 1 heterocycles. The van der Waals surface area contributed by atoms with E-state index in [1.807, 2.05) is 18.7 Å². The van der Waals surface area contributed by atoms with E-state index < -0.39 is 5.97 Å². The number of aliphatic carboxylic acids is 1. The third kappa shape index (κ3) is 5.02. The number of amides is 2. The Labute approximate surface area is 126 Å². The highest BCUT2D eigenvalue weighted by Gasteiger charge is 2.28. The zero-order valence-electron chi connectivity index (χ0n) is 13.2. The molecule has 120 valence electrons.